The van der Waals surface area contributed by atoms with Crippen molar-refractivity contribution in [1.29, 1.82) is 0 Å². The van der Waals surface area contributed by atoms with Crippen molar-refractivity contribution in [3.05, 3.63) is 20.5 Å². The van der Waals surface area contributed by atoms with Gasteiger partial charge in [-0.2, -0.15) is 4.31 Å². The van der Waals surface area contributed by atoms with Gasteiger partial charge in [-0.1, -0.05) is 11.6 Å². The van der Waals surface area contributed by atoms with Crippen LogP contribution < -0.4 is 0 Å². The molecule has 108 valence electrons. The number of thiophene rings is 1. The molecule has 0 N–H and O–H groups in total. The lowest BCUT2D eigenvalue weighted by Crippen LogP contribution is -2.33. The van der Waals surface area contributed by atoms with Crippen LogP contribution in [0.2, 0.25) is 4.34 Å². The largest absolute Gasteiger partial charge is 0.308 e. The second kappa shape index (κ2) is 6.14. The van der Waals surface area contributed by atoms with Crippen molar-refractivity contribution in [3.63, 3.8) is 0 Å². The first-order chi connectivity index (χ1) is 8.66. The summed E-state index contributed by atoms with van der Waals surface area (Å²) in [4.78, 5) is 11.8. The second-order valence-corrected chi connectivity index (χ2v) is 8.04. The van der Waals surface area contributed by atoms with E-state index in [4.69, 9.17) is 11.6 Å². The highest BCUT2D eigenvalue weighted by molar-refractivity contribution is 7.91. The summed E-state index contributed by atoms with van der Waals surface area (Å²) in [5.41, 5.74) is -0.383. The van der Waals surface area contributed by atoms with Gasteiger partial charge in [0.15, 0.2) is 4.34 Å². The highest BCUT2D eigenvalue weighted by Gasteiger charge is 2.28. The molecule has 0 spiro atoms. The zero-order chi connectivity index (χ0) is 14.8. The first-order valence-corrected chi connectivity index (χ1v) is 7.84. The summed E-state index contributed by atoms with van der Waals surface area (Å²) in [7, 11) is 1.35. The van der Waals surface area contributed by atoms with Gasteiger partial charge in [-0.05, 0) is 14.1 Å². The predicted octanol–water partition coefficient (Wildman–Crippen LogP) is 1.49. The lowest BCUT2D eigenvalue weighted by Gasteiger charge is -2.18. The maximum atomic E-state index is 12.2. The Morgan fingerprint density at radius 1 is 1.37 bits per heavy atom. The second-order valence-electron chi connectivity index (χ2n) is 4.11. The molecule has 0 aromatic carbocycles. The predicted molar refractivity (Wildman–Crippen MR) is 74.4 cm³/mol. The van der Waals surface area contributed by atoms with E-state index in [0.29, 0.717) is 24.4 Å². The smallest absolute Gasteiger partial charge is 0.300 e. The molecule has 10 heteroatoms. The van der Waals surface area contributed by atoms with E-state index < -0.39 is 14.9 Å². The molecule has 0 saturated carbocycles. The Morgan fingerprint density at radius 2 is 1.95 bits per heavy atom. The van der Waals surface area contributed by atoms with E-state index in [1.165, 1.54) is 7.05 Å². The Hall–Kier alpha value is -0.740. The monoisotopic (exact) mass is 327 g/mol. The molecular weight excluding hydrogens is 314 g/mol. The SMILES string of the molecule is CN(C)CCN(C)S(=O)(=O)c1cc([N+](=O)[O-])c(Cl)s1. The molecule has 1 rings (SSSR count). The lowest BCUT2D eigenvalue weighted by atomic mass is 10.6. The van der Waals surface area contributed by atoms with E-state index in [2.05, 4.69) is 0 Å². The van der Waals surface area contributed by atoms with Crippen molar-refractivity contribution < 1.29 is 13.3 Å². The summed E-state index contributed by atoms with van der Waals surface area (Å²) in [5, 5.41) is 10.7. The quantitative estimate of drug-likeness (QED) is 0.584. The Bertz CT molecular complexity index is 570. The number of sulfonamides is 1. The summed E-state index contributed by atoms with van der Waals surface area (Å²) in [6.07, 6.45) is 0. The average molecular weight is 328 g/mol. The van der Waals surface area contributed by atoms with Crippen LogP contribution in [0.5, 0.6) is 0 Å². The summed E-state index contributed by atoms with van der Waals surface area (Å²) in [6, 6.07) is 0.995. The fourth-order valence-electron chi connectivity index (χ4n) is 1.20. The van der Waals surface area contributed by atoms with Gasteiger partial charge in [0.1, 0.15) is 4.21 Å². The standard InChI is InChI=1S/C9H14ClN3O4S2/c1-11(2)4-5-12(3)19(16,17)8-6-7(13(14)15)9(10)18-8/h6H,4-5H2,1-3H3. The molecule has 1 heterocycles. The van der Waals surface area contributed by atoms with Gasteiger partial charge in [0.2, 0.25) is 0 Å². The van der Waals surface area contributed by atoms with Gasteiger partial charge in [0.05, 0.1) is 4.92 Å². The summed E-state index contributed by atoms with van der Waals surface area (Å²) in [5.74, 6) is 0. The number of nitro groups is 1. The summed E-state index contributed by atoms with van der Waals surface area (Å²) < 4.78 is 25.2. The molecule has 1 aromatic heterocycles. The summed E-state index contributed by atoms with van der Waals surface area (Å²) >= 11 is 6.36. The molecule has 7 nitrogen and oxygen atoms in total. The lowest BCUT2D eigenvalue weighted by molar-refractivity contribution is -0.384. The maximum Gasteiger partial charge on any atom is 0.300 e. The van der Waals surface area contributed by atoms with E-state index in [1.54, 1.807) is 0 Å². The van der Waals surface area contributed by atoms with Crippen LogP contribution >= 0.6 is 22.9 Å². The minimum Gasteiger partial charge on any atom is -0.308 e. The van der Waals surface area contributed by atoms with Gasteiger partial charge in [-0.15, -0.1) is 11.3 Å². The molecule has 0 radical (unpaired) electrons. The van der Waals surface area contributed by atoms with Gasteiger partial charge in [0, 0.05) is 26.2 Å². The molecular formula is C9H14ClN3O4S2. The Balaban J connectivity index is 3.00. The molecule has 0 bridgehead atoms. The van der Waals surface area contributed by atoms with Crippen LogP contribution in [-0.2, 0) is 10.0 Å². The molecule has 0 saturated heterocycles. The van der Waals surface area contributed by atoms with Crippen LogP contribution in [0.4, 0.5) is 5.69 Å². The Labute approximate surface area is 120 Å². The molecule has 1 aromatic rings. The van der Waals surface area contributed by atoms with Crippen molar-refractivity contribution in [2.24, 2.45) is 0 Å². The number of rotatable bonds is 6. The molecule has 0 atom stereocenters. The third-order valence-electron chi connectivity index (χ3n) is 2.37. The first kappa shape index (κ1) is 16.3. The van der Waals surface area contributed by atoms with Crippen molar-refractivity contribution in [2.45, 2.75) is 4.21 Å². The highest BCUT2D eigenvalue weighted by Crippen LogP contribution is 2.37. The van der Waals surface area contributed by atoms with Crippen LogP contribution in [0.25, 0.3) is 0 Å². The van der Waals surface area contributed by atoms with E-state index in [1.807, 2.05) is 19.0 Å². The van der Waals surface area contributed by atoms with Crippen LogP contribution in [0.15, 0.2) is 10.3 Å². The molecule has 0 amide bonds. The van der Waals surface area contributed by atoms with Crippen LogP contribution in [0, 0.1) is 10.1 Å². The summed E-state index contributed by atoms with van der Waals surface area (Å²) in [6.45, 7) is 0.843. The average Bonchev–Trinajstić information content (AvgIpc) is 2.68. The van der Waals surface area contributed by atoms with E-state index in [9.17, 15) is 18.5 Å². The van der Waals surface area contributed by atoms with E-state index in [-0.39, 0.29) is 14.2 Å². The zero-order valence-corrected chi connectivity index (χ0v) is 13.0. The van der Waals surface area contributed by atoms with Crippen molar-refractivity contribution in [2.75, 3.05) is 34.2 Å². The van der Waals surface area contributed by atoms with E-state index >= 15 is 0 Å². The van der Waals surface area contributed by atoms with Gasteiger partial charge < -0.3 is 4.90 Å². The van der Waals surface area contributed by atoms with Gasteiger partial charge >= 0.3 is 0 Å². The minimum atomic E-state index is -3.73. The molecule has 0 fully saturated rings. The van der Waals surface area contributed by atoms with Crippen molar-refractivity contribution in [1.82, 2.24) is 9.21 Å². The highest BCUT2D eigenvalue weighted by atomic mass is 35.5. The zero-order valence-electron chi connectivity index (χ0n) is 10.7. The third-order valence-corrected chi connectivity index (χ3v) is 6.01. The number of hydrogen-bond donors (Lipinski definition) is 0. The van der Waals surface area contributed by atoms with Crippen LogP contribution in [0.3, 0.4) is 0 Å². The molecule has 0 aliphatic rings. The third kappa shape index (κ3) is 3.86. The molecule has 0 unspecified atom stereocenters. The molecule has 0 aliphatic heterocycles. The fourth-order valence-corrected chi connectivity index (χ4v) is 4.24. The van der Waals surface area contributed by atoms with Gasteiger partial charge in [-0.3, -0.25) is 10.1 Å². The maximum absolute atomic E-state index is 12.2. The van der Waals surface area contributed by atoms with Crippen LogP contribution in [0.1, 0.15) is 0 Å². The number of hydrogen-bond acceptors (Lipinski definition) is 6. The van der Waals surface area contributed by atoms with Crippen LogP contribution in [-0.4, -0.2) is 56.8 Å². The molecule has 19 heavy (non-hydrogen) atoms. The number of halogens is 1. The van der Waals surface area contributed by atoms with E-state index in [0.717, 1.165) is 10.4 Å². The van der Waals surface area contributed by atoms with Crippen molar-refractivity contribution in [3.8, 4) is 0 Å². The number of likely N-dealkylation sites (N-methyl/N-ethyl adjacent to an activating group) is 2. The molecule has 0 aliphatic carbocycles. The van der Waals surface area contributed by atoms with Gasteiger partial charge in [-0.25, -0.2) is 8.42 Å². The topological polar surface area (TPSA) is 83.8 Å². The Kier molecular flexibility index (Phi) is 5.27. The normalized spacial score (nSPS) is 12.3. The Morgan fingerprint density at radius 3 is 2.37 bits per heavy atom. The fraction of sp³-hybridized carbons (Fsp3) is 0.556. The van der Waals surface area contributed by atoms with Gasteiger partial charge in [0.25, 0.3) is 15.7 Å². The minimum absolute atomic E-state index is 0.120. The first-order valence-electron chi connectivity index (χ1n) is 5.21. The van der Waals surface area contributed by atoms with Crippen molar-refractivity contribution >= 4 is 38.6 Å². The number of nitrogens with zero attached hydrogens (tertiary/aromatic N) is 3.